The fraction of sp³-hybridized carbons (Fsp3) is 0.588. The Bertz CT molecular complexity index is 782. The second kappa shape index (κ2) is 6.61. The summed E-state index contributed by atoms with van der Waals surface area (Å²) in [5.41, 5.74) is 2.19. The van der Waals surface area contributed by atoms with Crippen molar-refractivity contribution in [1.29, 1.82) is 0 Å². The summed E-state index contributed by atoms with van der Waals surface area (Å²) in [6, 6.07) is 8.44. The largest absolute Gasteiger partial charge is 0.327 e. The van der Waals surface area contributed by atoms with Gasteiger partial charge in [-0.25, -0.2) is 13.4 Å². The van der Waals surface area contributed by atoms with Gasteiger partial charge in [-0.15, -0.1) is 0 Å². The number of fused-ring (bicyclic) bond motifs is 1. The minimum absolute atomic E-state index is 0.221. The lowest BCUT2D eigenvalue weighted by atomic mass is 10.2. The molecule has 0 amide bonds. The predicted molar refractivity (Wildman–Crippen MR) is 93.3 cm³/mol. The quantitative estimate of drug-likeness (QED) is 0.814. The van der Waals surface area contributed by atoms with Gasteiger partial charge in [-0.3, -0.25) is 4.90 Å². The summed E-state index contributed by atoms with van der Waals surface area (Å²) in [7, 11) is -2.92. The molecule has 0 bridgehead atoms. The molecular weight excluding hydrogens is 310 g/mol. The summed E-state index contributed by atoms with van der Waals surface area (Å²) in [6.45, 7) is 6.30. The molecule has 0 saturated carbocycles. The Kier molecular flexibility index (Phi) is 4.73. The van der Waals surface area contributed by atoms with Crippen molar-refractivity contribution in [3.8, 4) is 0 Å². The van der Waals surface area contributed by atoms with Crippen LogP contribution in [-0.2, 0) is 16.4 Å². The first-order valence-corrected chi connectivity index (χ1v) is 10.3. The highest BCUT2D eigenvalue weighted by Crippen LogP contribution is 2.33. The van der Waals surface area contributed by atoms with Gasteiger partial charge in [-0.05, 0) is 38.4 Å². The molecule has 0 aliphatic carbocycles. The molecule has 2 heterocycles. The molecule has 1 fully saturated rings. The van der Waals surface area contributed by atoms with E-state index in [-0.39, 0.29) is 17.5 Å². The lowest BCUT2D eigenvalue weighted by Crippen LogP contribution is -2.31. The van der Waals surface area contributed by atoms with Gasteiger partial charge in [0.15, 0.2) is 9.84 Å². The first-order valence-electron chi connectivity index (χ1n) is 8.45. The second-order valence-electron chi connectivity index (χ2n) is 6.13. The molecule has 0 radical (unpaired) electrons. The summed E-state index contributed by atoms with van der Waals surface area (Å²) in [4.78, 5) is 7.14. The number of likely N-dealkylation sites (tertiary alicyclic amines) is 1. The van der Waals surface area contributed by atoms with Gasteiger partial charge in [0.25, 0.3) is 0 Å². The van der Waals surface area contributed by atoms with Crippen LogP contribution in [0.15, 0.2) is 24.3 Å². The summed E-state index contributed by atoms with van der Waals surface area (Å²) in [5.74, 6) is 1.55. The van der Waals surface area contributed by atoms with Crippen molar-refractivity contribution in [2.75, 3.05) is 24.6 Å². The third-order valence-electron chi connectivity index (χ3n) is 4.79. The van der Waals surface area contributed by atoms with Crippen LogP contribution in [-0.4, -0.2) is 47.5 Å². The SMILES string of the molecule is CCn1c([C@H]2CCCN2CCS(=O)(=O)CC)nc2ccccc21. The Morgan fingerprint density at radius 1 is 1.26 bits per heavy atom. The van der Waals surface area contributed by atoms with Gasteiger partial charge in [0.2, 0.25) is 0 Å². The monoisotopic (exact) mass is 335 g/mol. The zero-order chi connectivity index (χ0) is 16.4. The van der Waals surface area contributed by atoms with E-state index in [1.165, 1.54) is 0 Å². The van der Waals surface area contributed by atoms with Crippen molar-refractivity contribution < 1.29 is 8.42 Å². The maximum absolute atomic E-state index is 11.8. The van der Waals surface area contributed by atoms with E-state index in [9.17, 15) is 8.42 Å². The fourth-order valence-electron chi connectivity index (χ4n) is 3.47. The molecule has 1 aliphatic heterocycles. The van der Waals surface area contributed by atoms with Gasteiger partial charge in [-0.1, -0.05) is 19.1 Å². The molecule has 3 rings (SSSR count). The average Bonchev–Trinajstić information content (AvgIpc) is 3.16. The van der Waals surface area contributed by atoms with E-state index in [1.807, 2.05) is 18.2 Å². The molecule has 0 unspecified atom stereocenters. The van der Waals surface area contributed by atoms with Crippen molar-refractivity contribution in [2.45, 2.75) is 39.3 Å². The highest BCUT2D eigenvalue weighted by atomic mass is 32.2. The number of benzene rings is 1. The molecule has 0 N–H and O–H groups in total. The Balaban J connectivity index is 1.88. The third-order valence-corrected chi connectivity index (χ3v) is 6.48. The molecule has 6 heteroatoms. The van der Waals surface area contributed by atoms with Crippen molar-refractivity contribution in [3.63, 3.8) is 0 Å². The minimum Gasteiger partial charge on any atom is -0.327 e. The lowest BCUT2D eigenvalue weighted by Gasteiger charge is -2.24. The molecule has 5 nitrogen and oxygen atoms in total. The van der Waals surface area contributed by atoms with Crippen LogP contribution in [0.1, 0.15) is 38.6 Å². The van der Waals surface area contributed by atoms with Gasteiger partial charge in [0.05, 0.1) is 22.8 Å². The molecule has 1 aromatic heterocycles. The van der Waals surface area contributed by atoms with Gasteiger partial charge in [0.1, 0.15) is 5.82 Å². The molecule has 2 aromatic rings. The number of aromatic nitrogens is 2. The maximum Gasteiger partial charge on any atom is 0.151 e. The highest BCUT2D eigenvalue weighted by molar-refractivity contribution is 7.91. The second-order valence-corrected chi connectivity index (χ2v) is 8.61. The first-order chi connectivity index (χ1) is 11.1. The highest BCUT2D eigenvalue weighted by Gasteiger charge is 2.30. The topological polar surface area (TPSA) is 55.2 Å². The van der Waals surface area contributed by atoms with E-state index in [4.69, 9.17) is 4.98 Å². The van der Waals surface area contributed by atoms with E-state index in [1.54, 1.807) is 6.92 Å². The number of aryl methyl sites for hydroxylation is 1. The Morgan fingerprint density at radius 3 is 2.78 bits per heavy atom. The van der Waals surface area contributed by atoms with Crippen molar-refractivity contribution in [3.05, 3.63) is 30.1 Å². The van der Waals surface area contributed by atoms with Crippen LogP contribution in [0.2, 0.25) is 0 Å². The summed E-state index contributed by atoms with van der Waals surface area (Å²) >= 11 is 0. The van der Waals surface area contributed by atoms with Crippen LogP contribution in [0.3, 0.4) is 0 Å². The van der Waals surface area contributed by atoms with E-state index in [0.717, 1.165) is 42.8 Å². The van der Waals surface area contributed by atoms with Crippen LogP contribution in [0.25, 0.3) is 11.0 Å². The minimum atomic E-state index is -2.92. The zero-order valence-corrected chi connectivity index (χ0v) is 14.7. The zero-order valence-electron chi connectivity index (χ0n) is 13.9. The summed E-state index contributed by atoms with van der Waals surface area (Å²) < 4.78 is 25.9. The van der Waals surface area contributed by atoms with E-state index in [2.05, 4.69) is 22.5 Å². The third kappa shape index (κ3) is 3.28. The van der Waals surface area contributed by atoms with Crippen molar-refractivity contribution in [1.82, 2.24) is 14.5 Å². The van der Waals surface area contributed by atoms with Crippen LogP contribution in [0.5, 0.6) is 0 Å². The van der Waals surface area contributed by atoms with Gasteiger partial charge in [0, 0.05) is 18.8 Å². The maximum atomic E-state index is 11.8. The van der Waals surface area contributed by atoms with Gasteiger partial charge in [-0.2, -0.15) is 0 Å². The molecule has 1 saturated heterocycles. The summed E-state index contributed by atoms with van der Waals surface area (Å²) in [6.07, 6.45) is 2.15. The average molecular weight is 335 g/mol. The first kappa shape index (κ1) is 16.5. The van der Waals surface area contributed by atoms with Crippen molar-refractivity contribution >= 4 is 20.9 Å². The number of nitrogens with zero attached hydrogens (tertiary/aromatic N) is 3. The number of hydrogen-bond acceptors (Lipinski definition) is 4. The predicted octanol–water partition coefficient (Wildman–Crippen LogP) is 2.63. The van der Waals surface area contributed by atoms with Crippen LogP contribution < -0.4 is 0 Å². The Hall–Kier alpha value is -1.40. The van der Waals surface area contributed by atoms with Crippen LogP contribution >= 0.6 is 0 Å². The van der Waals surface area contributed by atoms with E-state index >= 15 is 0 Å². The van der Waals surface area contributed by atoms with Crippen LogP contribution in [0.4, 0.5) is 0 Å². The molecule has 1 aliphatic rings. The van der Waals surface area contributed by atoms with Gasteiger partial charge < -0.3 is 4.57 Å². The molecule has 1 atom stereocenters. The molecular formula is C17H25N3O2S. The molecule has 1 aromatic carbocycles. The van der Waals surface area contributed by atoms with E-state index < -0.39 is 9.84 Å². The van der Waals surface area contributed by atoms with Crippen LogP contribution in [0, 0.1) is 0 Å². The normalized spacial score (nSPS) is 19.7. The number of hydrogen-bond donors (Lipinski definition) is 0. The number of sulfone groups is 1. The molecule has 23 heavy (non-hydrogen) atoms. The fourth-order valence-corrected chi connectivity index (χ4v) is 4.27. The number of imidazole rings is 1. The molecule has 126 valence electrons. The summed E-state index contributed by atoms with van der Waals surface area (Å²) in [5, 5.41) is 0. The van der Waals surface area contributed by atoms with E-state index in [0.29, 0.717) is 6.54 Å². The smallest absolute Gasteiger partial charge is 0.151 e. The Labute approximate surface area is 138 Å². The Morgan fingerprint density at radius 2 is 2.04 bits per heavy atom. The standard InChI is InChI=1S/C17H25N3O2S/c1-3-20-15-9-6-5-8-14(15)18-17(20)16-10-7-11-19(16)12-13-23(21,22)4-2/h5-6,8-9,16H,3-4,7,10-13H2,1-2H3/t16-/m1/s1. The molecule has 0 spiro atoms. The number of para-hydroxylation sites is 2. The van der Waals surface area contributed by atoms with Gasteiger partial charge >= 0.3 is 0 Å². The van der Waals surface area contributed by atoms with Crippen molar-refractivity contribution in [2.24, 2.45) is 0 Å². The number of rotatable bonds is 6. The lowest BCUT2D eigenvalue weighted by molar-refractivity contribution is 0.258.